The van der Waals surface area contributed by atoms with E-state index in [4.69, 9.17) is 10.3 Å². The van der Waals surface area contributed by atoms with Crippen LogP contribution in [-0.2, 0) is 23.1 Å². The monoisotopic (exact) mass is 393 g/mol. The van der Waals surface area contributed by atoms with Gasteiger partial charge in [-0.3, -0.25) is 4.90 Å². The lowest BCUT2D eigenvalue weighted by Gasteiger charge is -2.33. The normalized spacial score (nSPS) is 17.9. The fourth-order valence-corrected chi connectivity index (χ4v) is 4.54. The zero-order valence-corrected chi connectivity index (χ0v) is 16.7. The quantitative estimate of drug-likeness (QED) is 0.761. The van der Waals surface area contributed by atoms with Crippen molar-refractivity contribution in [3.63, 3.8) is 0 Å². The topological polar surface area (TPSA) is 106 Å². The molecule has 0 bridgehead atoms. The van der Waals surface area contributed by atoms with Gasteiger partial charge < -0.3 is 10.3 Å². The molecule has 27 heavy (non-hydrogen) atoms. The highest BCUT2D eigenvalue weighted by molar-refractivity contribution is 7.89. The Labute approximate surface area is 160 Å². The molecule has 0 spiro atoms. The summed E-state index contributed by atoms with van der Waals surface area (Å²) >= 11 is 0. The number of hydrogen-bond donors (Lipinski definition) is 1. The van der Waals surface area contributed by atoms with E-state index in [1.54, 1.807) is 16.4 Å². The van der Waals surface area contributed by atoms with Crippen molar-refractivity contribution in [2.45, 2.75) is 44.2 Å². The number of rotatable bonds is 7. The van der Waals surface area contributed by atoms with Gasteiger partial charge in [0.25, 0.3) is 0 Å². The van der Waals surface area contributed by atoms with E-state index in [1.165, 1.54) is 5.56 Å². The minimum Gasteiger partial charge on any atom is -0.338 e. The van der Waals surface area contributed by atoms with Gasteiger partial charge in [0.05, 0.1) is 18.0 Å². The molecular formula is C18H27N5O3S. The second kappa shape index (κ2) is 8.47. The lowest BCUT2D eigenvalue weighted by atomic mass is 9.99. The molecule has 8 nitrogen and oxygen atoms in total. The molecular weight excluding hydrogens is 366 g/mol. The van der Waals surface area contributed by atoms with Gasteiger partial charge in [-0.1, -0.05) is 31.1 Å². The largest absolute Gasteiger partial charge is 0.338 e. The minimum absolute atomic E-state index is 0.217. The third-order valence-electron chi connectivity index (χ3n) is 5.08. The molecule has 0 radical (unpaired) electrons. The molecule has 2 aromatic rings. The third-order valence-corrected chi connectivity index (χ3v) is 6.99. The number of nitrogens with two attached hydrogens (primary N) is 1. The van der Waals surface area contributed by atoms with Crippen LogP contribution in [-0.4, -0.2) is 53.9 Å². The predicted molar refractivity (Wildman–Crippen MR) is 101 cm³/mol. The van der Waals surface area contributed by atoms with E-state index in [0.29, 0.717) is 55.3 Å². The summed E-state index contributed by atoms with van der Waals surface area (Å²) in [5, 5.41) is 3.89. The number of benzene rings is 1. The second-order valence-corrected chi connectivity index (χ2v) is 8.80. The van der Waals surface area contributed by atoms with E-state index >= 15 is 0 Å². The molecule has 0 saturated carbocycles. The molecule has 1 fully saturated rings. The summed E-state index contributed by atoms with van der Waals surface area (Å²) in [5.41, 5.74) is 6.63. The Balaban J connectivity index is 1.60. The van der Waals surface area contributed by atoms with E-state index in [0.717, 1.165) is 6.42 Å². The van der Waals surface area contributed by atoms with Crippen LogP contribution in [0, 0.1) is 0 Å². The van der Waals surface area contributed by atoms with Crippen LogP contribution < -0.4 is 5.73 Å². The first-order chi connectivity index (χ1) is 12.9. The number of sulfonamides is 1. The highest BCUT2D eigenvalue weighted by Crippen LogP contribution is 2.23. The average molecular weight is 394 g/mol. The van der Waals surface area contributed by atoms with E-state index < -0.39 is 10.0 Å². The molecule has 1 aromatic heterocycles. The Kier molecular flexibility index (Phi) is 6.25. The van der Waals surface area contributed by atoms with E-state index in [9.17, 15) is 8.42 Å². The number of piperazine rings is 1. The summed E-state index contributed by atoms with van der Waals surface area (Å²) in [6, 6.07) is 7.28. The SMILES string of the molecule is CCC(C)c1ccc(S(=O)(=O)N2CCN(Cc3noc(CN)n3)CC2)cc1. The van der Waals surface area contributed by atoms with E-state index in [-0.39, 0.29) is 6.54 Å². The van der Waals surface area contributed by atoms with Gasteiger partial charge in [0.1, 0.15) is 0 Å². The van der Waals surface area contributed by atoms with Gasteiger partial charge in [-0.15, -0.1) is 0 Å². The van der Waals surface area contributed by atoms with Gasteiger partial charge in [0.15, 0.2) is 5.82 Å². The zero-order chi connectivity index (χ0) is 19.4. The molecule has 1 saturated heterocycles. The highest BCUT2D eigenvalue weighted by atomic mass is 32.2. The van der Waals surface area contributed by atoms with Crippen molar-refractivity contribution >= 4 is 10.0 Å². The summed E-state index contributed by atoms with van der Waals surface area (Å²) in [6.07, 6.45) is 1.03. The van der Waals surface area contributed by atoms with Crippen molar-refractivity contribution in [2.24, 2.45) is 5.73 Å². The van der Waals surface area contributed by atoms with Crippen LogP contribution in [0.2, 0.25) is 0 Å². The van der Waals surface area contributed by atoms with Crippen LogP contribution in [0.25, 0.3) is 0 Å². The Morgan fingerprint density at radius 1 is 1.19 bits per heavy atom. The summed E-state index contributed by atoms with van der Waals surface area (Å²) in [4.78, 5) is 6.66. The lowest BCUT2D eigenvalue weighted by molar-refractivity contribution is 0.176. The van der Waals surface area contributed by atoms with E-state index in [2.05, 4.69) is 28.9 Å². The molecule has 9 heteroatoms. The fraction of sp³-hybridized carbons (Fsp3) is 0.556. The Bertz CT molecular complexity index is 842. The van der Waals surface area contributed by atoms with Crippen molar-refractivity contribution in [1.29, 1.82) is 0 Å². The molecule has 1 atom stereocenters. The maximum atomic E-state index is 12.9. The Morgan fingerprint density at radius 2 is 1.85 bits per heavy atom. The summed E-state index contributed by atoms with van der Waals surface area (Å²) in [7, 11) is -3.47. The molecule has 2 N–H and O–H groups in total. The second-order valence-electron chi connectivity index (χ2n) is 6.87. The van der Waals surface area contributed by atoms with Crippen LogP contribution >= 0.6 is 0 Å². The number of nitrogens with zero attached hydrogens (tertiary/aromatic N) is 4. The van der Waals surface area contributed by atoms with Crippen molar-refractivity contribution in [2.75, 3.05) is 26.2 Å². The lowest BCUT2D eigenvalue weighted by Crippen LogP contribution is -2.48. The minimum atomic E-state index is -3.47. The first kappa shape index (κ1) is 19.9. The van der Waals surface area contributed by atoms with Gasteiger partial charge >= 0.3 is 0 Å². The van der Waals surface area contributed by atoms with Gasteiger partial charge in [0.2, 0.25) is 15.9 Å². The maximum absolute atomic E-state index is 12.9. The molecule has 148 valence electrons. The predicted octanol–water partition coefficient (Wildman–Crippen LogP) is 1.55. The summed E-state index contributed by atoms with van der Waals surface area (Å²) in [5.74, 6) is 1.41. The van der Waals surface area contributed by atoms with Crippen LogP contribution in [0.15, 0.2) is 33.7 Å². The van der Waals surface area contributed by atoms with Crippen molar-refractivity contribution in [3.8, 4) is 0 Å². The van der Waals surface area contributed by atoms with Crippen molar-refractivity contribution in [3.05, 3.63) is 41.5 Å². The Morgan fingerprint density at radius 3 is 2.41 bits per heavy atom. The van der Waals surface area contributed by atoms with Crippen LogP contribution in [0.1, 0.15) is 43.5 Å². The zero-order valence-electron chi connectivity index (χ0n) is 15.8. The van der Waals surface area contributed by atoms with E-state index in [1.807, 2.05) is 12.1 Å². The van der Waals surface area contributed by atoms with Crippen LogP contribution in [0.3, 0.4) is 0 Å². The van der Waals surface area contributed by atoms with Crippen molar-refractivity contribution < 1.29 is 12.9 Å². The molecule has 1 aliphatic rings. The van der Waals surface area contributed by atoms with Gasteiger partial charge in [-0.2, -0.15) is 9.29 Å². The first-order valence-corrected chi connectivity index (χ1v) is 10.7. The van der Waals surface area contributed by atoms with Gasteiger partial charge in [0, 0.05) is 26.2 Å². The Hall–Kier alpha value is -1.81. The van der Waals surface area contributed by atoms with Crippen molar-refractivity contribution in [1.82, 2.24) is 19.3 Å². The van der Waals surface area contributed by atoms with Crippen LogP contribution in [0.4, 0.5) is 0 Å². The highest BCUT2D eigenvalue weighted by Gasteiger charge is 2.29. The summed E-state index contributed by atoms with van der Waals surface area (Å²) < 4.78 is 32.3. The molecule has 0 aliphatic carbocycles. The maximum Gasteiger partial charge on any atom is 0.243 e. The molecule has 1 aromatic carbocycles. The summed E-state index contributed by atoms with van der Waals surface area (Å²) in [6.45, 7) is 7.14. The smallest absolute Gasteiger partial charge is 0.243 e. The molecule has 3 rings (SSSR count). The number of aromatic nitrogens is 2. The number of hydrogen-bond acceptors (Lipinski definition) is 7. The molecule has 1 aliphatic heterocycles. The standard InChI is InChI=1S/C18H27N5O3S/c1-3-14(2)15-4-6-16(7-5-15)27(24,25)23-10-8-22(9-11-23)13-17-20-18(12-19)26-21-17/h4-7,14H,3,8-13,19H2,1-2H3. The van der Waals surface area contributed by atoms with Gasteiger partial charge in [-0.05, 0) is 30.0 Å². The molecule has 0 amide bonds. The third kappa shape index (κ3) is 4.55. The molecule has 1 unspecified atom stereocenters. The van der Waals surface area contributed by atoms with Gasteiger partial charge in [-0.25, -0.2) is 8.42 Å². The average Bonchev–Trinajstić information content (AvgIpc) is 3.15. The fourth-order valence-electron chi connectivity index (χ4n) is 3.12. The van der Waals surface area contributed by atoms with Crippen LogP contribution in [0.5, 0.6) is 0 Å². The first-order valence-electron chi connectivity index (χ1n) is 9.28. The molecule has 2 heterocycles.